The van der Waals surface area contributed by atoms with E-state index < -0.39 is 0 Å². The number of likely N-dealkylation sites (N-methyl/N-ethyl adjacent to an activating group) is 1. The fraction of sp³-hybridized carbons (Fsp3) is 1.00. The Morgan fingerprint density at radius 3 is 2.27 bits per heavy atom. The van der Waals surface area contributed by atoms with E-state index >= 15 is 0 Å². The molecule has 0 aliphatic carbocycles. The quantitative estimate of drug-likeness (QED) is 0.658. The van der Waals surface area contributed by atoms with Crippen LogP contribution in [0.15, 0.2) is 0 Å². The van der Waals surface area contributed by atoms with Crippen LogP contribution >= 0.6 is 0 Å². The van der Waals surface area contributed by atoms with Gasteiger partial charge >= 0.3 is 0 Å². The van der Waals surface area contributed by atoms with Gasteiger partial charge in [-0.3, -0.25) is 0 Å². The first-order valence-corrected chi connectivity index (χ1v) is 4.24. The predicted octanol–water partition coefficient (Wildman–Crippen LogP) is 1.66. The molecule has 0 aliphatic heterocycles. The molecule has 0 radical (unpaired) electrons. The van der Waals surface area contributed by atoms with Crippen LogP contribution in [0.25, 0.3) is 0 Å². The summed E-state index contributed by atoms with van der Waals surface area (Å²) in [6.07, 6.45) is 1.17. The first-order chi connectivity index (χ1) is 5.08. The lowest BCUT2D eigenvalue weighted by Gasteiger charge is -2.32. The molecule has 68 valence electrons. The van der Waals surface area contributed by atoms with Gasteiger partial charge in [0.05, 0.1) is 6.61 Å². The molecule has 0 bridgehead atoms. The first kappa shape index (κ1) is 10.9. The molecular formula is C9H21NO. The van der Waals surface area contributed by atoms with E-state index in [4.69, 9.17) is 4.74 Å². The normalized spacial score (nSPS) is 15.0. The Balaban J connectivity index is 3.99. The molecule has 0 aromatic carbocycles. The topological polar surface area (TPSA) is 21.3 Å². The zero-order chi connectivity index (χ0) is 8.91. The third-order valence-electron chi connectivity index (χ3n) is 2.54. The van der Waals surface area contributed by atoms with E-state index in [0.717, 1.165) is 6.61 Å². The highest BCUT2D eigenvalue weighted by Gasteiger charge is 2.25. The lowest BCUT2D eigenvalue weighted by Crippen LogP contribution is -2.42. The minimum Gasteiger partial charge on any atom is -0.383 e. The number of hydrogen-bond donors (Lipinski definition) is 1. The van der Waals surface area contributed by atoms with E-state index in [1.165, 1.54) is 6.42 Å². The summed E-state index contributed by atoms with van der Waals surface area (Å²) in [7, 11) is 3.73. The van der Waals surface area contributed by atoms with Crippen molar-refractivity contribution in [1.82, 2.24) is 5.32 Å². The number of ether oxygens (including phenoxy) is 1. The molecule has 1 atom stereocenters. The number of methoxy groups -OCH3 is 1. The Hall–Kier alpha value is -0.0800. The number of rotatable bonds is 5. The number of nitrogens with one attached hydrogen (secondary N) is 1. The summed E-state index contributed by atoms with van der Waals surface area (Å²) >= 11 is 0. The van der Waals surface area contributed by atoms with E-state index in [0.29, 0.717) is 11.5 Å². The molecule has 1 N–H and O–H groups in total. The van der Waals surface area contributed by atoms with Crippen LogP contribution in [0.5, 0.6) is 0 Å². The summed E-state index contributed by atoms with van der Waals surface area (Å²) in [5.41, 5.74) is 0.324. The molecule has 1 unspecified atom stereocenters. The SMILES string of the molecule is CCC(C)(C)C(COC)NC. The average molecular weight is 159 g/mol. The minimum atomic E-state index is 0.324. The van der Waals surface area contributed by atoms with Crippen LogP contribution in [0.2, 0.25) is 0 Å². The van der Waals surface area contributed by atoms with Gasteiger partial charge in [0.2, 0.25) is 0 Å². The van der Waals surface area contributed by atoms with Crippen LogP contribution in [0.3, 0.4) is 0 Å². The van der Waals surface area contributed by atoms with E-state index in [2.05, 4.69) is 26.1 Å². The Labute approximate surface area is 70.3 Å². The second-order valence-electron chi connectivity index (χ2n) is 3.64. The highest BCUT2D eigenvalue weighted by Crippen LogP contribution is 2.24. The van der Waals surface area contributed by atoms with Crippen LogP contribution in [-0.4, -0.2) is 26.8 Å². The van der Waals surface area contributed by atoms with Crippen molar-refractivity contribution >= 4 is 0 Å². The van der Waals surface area contributed by atoms with Crippen LogP contribution in [0, 0.1) is 5.41 Å². The standard InChI is InChI=1S/C9H21NO/c1-6-9(2,3)8(10-4)7-11-5/h8,10H,6-7H2,1-5H3. The van der Waals surface area contributed by atoms with Gasteiger partial charge in [0, 0.05) is 13.2 Å². The molecule has 0 aromatic rings. The second kappa shape index (κ2) is 4.73. The maximum atomic E-state index is 5.12. The van der Waals surface area contributed by atoms with Crippen LogP contribution in [0.4, 0.5) is 0 Å². The lowest BCUT2D eigenvalue weighted by atomic mass is 9.82. The molecule has 0 rings (SSSR count). The van der Waals surface area contributed by atoms with Gasteiger partial charge in [-0.1, -0.05) is 20.8 Å². The van der Waals surface area contributed by atoms with Crippen LogP contribution in [0.1, 0.15) is 27.2 Å². The lowest BCUT2D eigenvalue weighted by molar-refractivity contribution is 0.108. The highest BCUT2D eigenvalue weighted by atomic mass is 16.5. The van der Waals surface area contributed by atoms with Gasteiger partial charge in [-0.05, 0) is 18.9 Å². The fourth-order valence-corrected chi connectivity index (χ4v) is 1.11. The summed E-state index contributed by atoms with van der Waals surface area (Å²) < 4.78 is 5.12. The van der Waals surface area contributed by atoms with Gasteiger partial charge in [-0.2, -0.15) is 0 Å². The van der Waals surface area contributed by atoms with Crippen molar-refractivity contribution in [3.8, 4) is 0 Å². The molecule has 0 amide bonds. The van der Waals surface area contributed by atoms with Crippen molar-refractivity contribution in [3.05, 3.63) is 0 Å². The molecule has 0 saturated carbocycles. The summed E-state index contributed by atoms with van der Waals surface area (Å²) in [4.78, 5) is 0. The Kier molecular flexibility index (Phi) is 4.69. The van der Waals surface area contributed by atoms with Crippen molar-refractivity contribution in [2.24, 2.45) is 5.41 Å². The molecule has 0 fully saturated rings. The average Bonchev–Trinajstić information content (AvgIpc) is 2.00. The number of hydrogen-bond acceptors (Lipinski definition) is 2. The summed E-state index contributed by atoms with van der Waals surface area (Å²) in [5.74, 6) is 0. The molecule has 0 saturated heterocycles. The van der Waals surface area contributed by atoms with Gasteiger partial charge in [0.1, 0.15) is 0 Å². The first-order valence-electron chi connectivity index (χ1n) is 4.24. The molecular weight excluding hydrogens is 138 g/mol. The largest absolute Gasteiger partial charge is 0.383 e. The maximum Gasteiger partial charge on any atom is 0.0620 e. The third kappa shape index (κ3) is 3.21. The van der Waals surface area contributed by atoms with Crippen LogP contribution < -0.4 is 5.32 Å². The molecule has 2 heteroatoms. The monoisotopic (exact) mass is 159 g/mol. The Morgan fingerprint density at radius 2 is 2.00 bits per heavy atom. The minimum absolute atomic E-state index is 0.324. The molecule has 2 nitrogen and oxygen atoms in total. The zero-order valence-electron chi connectivity index (χ0n) is 8.40. The molecule has 0 heterocycles. The zero-order valence-corrected chi connectivity index (χ0v) is 8.40. The molecule has 0 spiro atoms. The second-order valence-corrected chi connectivity index (χ2v) is 3.64. The van der Waals surface area contributed by atoms with E-state index in [1.807, 2.05) is 7.05 Å². The van der Waals surface area contributed by atoms with E-state index in [-0.39, 0.29) is 0 Å². The van der Waals surface area contributed by atoms with Crippen LogP contribution in [-0.2, 0) is 4.74 Å². The summed E-state index contributed by atoms with van der Waals surface area (Å²) in [5, 5.41) is 3.27. The summed E-state index contributed by atoms with van der Waals surface area (Å²) in [6.45, 7) is 7.51. The van der Waals surface area contributed by atoms with Gasteiger partial charge < -0.3 is 10.1 Å². The molecule has 0 aromatic heterocycles. The molecule has 11 heavy (non-hydrogen) atoms. The van der Waals surface area contributed by atoms with Crippen molar-refractivity contribution in [3.63, 3.8) is 0 Å². The highest BCUT2D eigenvalue weighted by molar-refractivity contribution is 4.81. The van der Waals surface area contributed by atoms with Crippen molar-refractivity contribution < 1.29 is 4.74 Å². The van der Waals surface area contributed by atoms with Gasteiger partial charge in [-0.15, -0.1) is 0 Å². The maximum absolute atomic E-state index is 5.12. The summed E-state index contributed by atoms with van der Waals surface area (Å²) in [6, 6.07) is 0.456. The Bertz CT molecular complexity index is 102. The van der Waals surface area contributed by atoms with Gasteiger partial charge in [-0.25, -0.2) is 0 Å². The Morgan fingerprint density at radius 1 is 1.45 bits per heavy atom. The van der Waals surface area contributed by atoms with Gasteiger partial charge in [0.15, 0.2) is 0 Å². The fourth-order valence-electron chi connectivity index (χ4n) is 1.11. The molecule has 0 aliphatic rings. The van der Waals surface area contributed by atoms with Gasteiger partial charge in [0.25, 0.3) is 0 Å². The van der Waals surface area contributed by atoms with E-state index in [9.17, 15) is 0 Å². The van der Waals surface area contributed by atoms with Crippen molar-refractivity contribution in [2.45, 2.75) is 33.2 Å². The van der Waals surface area contributed by atoms with Crippen molar-refractivity contribution in [2.75, 3.05) is 20.8 Å². The van der Waals surface area contributed by atoms with E-state index in [1.54, 1.807) is 7.11 Å². The smallest absolute Gasteiger partial charge is 0.0620 e. The third-order valence-corrected chi connectivity index (χ3v) is 2.54. The van der Waals surface area contributed by atoms with Crippen molar-refractivity contribution in [1.29, 1.82) is 0 Å². The predicted molar refractivity (Wildman–Crippen MR) is 48.8 cm³/mol.